The van der Waals surface area contributed by atoms with E-state index in [0.29, 0.717) is 0 Å². The Labute approximate surface area is 307 Å². The van der Waals surface area contributed by atoms with Crippen molar-refractivity contribution in [2.75, 3.05) is 4.90 Å². The van der Waals surface area contributed by atoms with E-state index in [2.05, 4.69) is 205 Å². The molecular formula is C50H33NS. The molecular weight excluding hydrogens is 647 g/mol. The van der Waals surface area contributed by atoms with Crippen molar-refractivity contribution in [3.8, 4) is 33.4 Å². The van der Waals surface area contributed by atoms with Crippen LogP contribution in [0.15, 0.2) is 200 Å². The second-order valence-electron chi connectivity index (χ2n) is 13.4. The first-order valence-corrected chi connectivity index (χ1v) is 18.6. The third-order valence-corrected chi connectivity index (χ3v) is 11.4. The standard InChI is InChI=1S/C50H33NS/c1-3-12-37-30-42(24-22-34(37)10-1)36-26-28-44(29-27-36)51(48-20-9-19-47-46-18-5-6-21-49(46)52-50(47)48)45-17-8-16-41(33-45)39-14-7-15-40(32-39)43-25-23-35-11-2-4-13-38(35)31-43/h1-33H. The second-order valence-corrected chi connectivity index (χ2v) is 14.4. The SMILES string of the molecule is c1cc(-c2cccc(N(c3ccc(-c4ccc5ccccc5c4)cc3)c3cccc4c3sc3ccccc34)c2)cc(-c2ccc3ccccc3c2)c1. The van der Waals surface area contributed by atoms with Gasteiger partial charge in [0, 0.05) is 26.8 Å². The van der Waals surface area contributed by atoms with E-state index in [0.717, 1.165) is 11.4 Å². The first-order valence-electron chi connectivity index (χ1n) is 17.7. The van der Waals surface area contributed by atoms with Gasteiger partial charge in [0.05, 0.1) is 10.4 Å². The Balaban J connectivity index is 1.09. The Hall–Kier alpha value is -6.48. The van der Waals surface area contributed by atoms with Gasteiger partial charge in [0.15, 0.2) is 0 Å². The number of hydrogen-bond donors (Lipinski definition) is 0. The maximum Gasteiger partial charge on any atom is 0.0640 e. The van der Waals surface area contributed by atoms with E-state index in [1.54, 1.807) is 0 Å². The summed E-state index contributed by atoms with van der Waals surface area (Å²) >= 11 is 1.87. The number of rotatable bonds is 6. The van der Waals surface area contributed by atoms with Gasteiger partial charge in [-0.1, -0.05) is 146 Å². The summed E-state index contributed by atoms with van der Waals surface area (Å²) in [5.41, 5.74) is 10.7. The molecule has 2 heteroatoms. The summed E-state index contributed by atoms with van der Waals surface area (Å²) in [6, 6.07) is 73.0. The van der Waals surface area contributed by atoms with E-state index in [9.17, 15) is 0 Å². The van der Waals surface area contributed by atoms with Gasteiger partial charge < -0.3 is 4.90 Å². The number of benzene rings is 9. The van der Waals surface area contributed by atoms with Crippen LogP contribution in [0.5, 0.6) is 0 Å². The lowest BCUT2D eigenvalue weighted by atomic mass is 9.97. The van der Waals surface area contributed by atoms with Gasteiger partial charge in [-0.2, -0.15) is 0 Å². The molecule has 0 atom stereocenters. The van der Waals surface area contributed by atoms with Crippen molar-refractivity contribution >= 4 is 70.1 Å². The van der Waals surface area contributed by atoms with Crippen molar-refractivity contribution < 1.29 is 0 Å². The van der Waals surface area contributed by atoms with Crippen LogP contribution in [0, 0.1) is 0 Å². The summed E-state index contributed by atoms with van der Waals surface area (Å²) in [6.07, 6.45) is 0. The minimum absolute atomic E-state index is 1.12. The number of nitrogens with zero attached hydrogens (tertiary/aromatic N) is 1. The van der Waals surface area contributed by atoms with Crippen molar-refractivity contribution in [3.63, 3.8) is 0 Å². The number of fused-ring (bicyclic) bond motifs is 5. The number of thiophene rings is 1. The Morgan fingerprint density at radius 3 is 1.54 bits per heavy atom. The highest BCUT2D eigenvalue weighted by molar-refractivity contribution is 7.26. The highest BCUT2D eigenvalue weighted by atomic mass is 32.1. The molecule has 0 saturated carbocycles. The molecule has 0 spiro atoms. The largest absolute Gasteiger partial charge is 0.309 e. The van der Waals surface area contributed by atoms with Crippen molar-refractivity contribution in [1.82, 2.24) is 0 Å². The molecule has 0 amide bonds. The van der Waals surface area contributed by atoms with E-state index in [-0.39, 0.29) is 0 Å². The molecule has 0 saturated heterocycles. The fourth-order valence-corrected chi connectivity index (χ4v) is 8.79. The molecule has 0 aliphatic heterocycles. The molecule has 0 bridgehead atoms. The molecule has 9 aromatic carbocycles. The Morgan fingerprint density at radius 1 is 0.308 bits per heavy atom. The van der Waals surface area contributed by atoms with Crippen LogP contribution >= 0.6 is 11.3 Å². The fourth-order valence-electron chi connectivity index (χ4n) is 7.58. The summed E-state index contributed by atoms with van der Waals surface area (Å²) < 4.78 is 2.59. The molecule has 1 heterocycles. The fraction of sp³-hybridized carbons (Fsp3) is 0. The van der Waals surface area contributed by atoms with Gasteiger partial charge in [-0.15, -0.1) is 11.3 Å². The molecule has 10 rings (SSSR count). The van der Waals surface area contributed by atoms with E-state index in [1.165, 1.54) is 80.8 Å². The smallest absolute Gasteiger partial charge is 0.0640 e. The van der Waals surface area contributed by atoms with Gasteiger partial charge in [0.2, 0.25) is 0 Å². The van der Waals surface area contributed by atoms with Crippen LogP contribution in [0.1, 0.15) is 0 Å². The molecule has 1 aromatic heterocycles. The third-order valence-electron chi connectivity index (χ3n) is 10.2. The Bertz CT molecular complexity index is 2920. The molecule has 52 heavy (non-hydrogen) atoms. The normalized spacial score (nSPS) is 11.5. The quantitative estimate of drug-likeness (QED) is 0.169. The maximum absolute atomic E-state index is 2.43. The molecule has 0 fully saturated rings. The topological polar surface area (TPSA) is 3.24 Å². The number of hydrogen-bond acceptors (Lipinski definition) is 2. The zero-order valence-electron chi connectivity index (χ0n) is 28.4. The van der Waals surface area contributed by atoms with Crippen molar-refractivity contribution in [3.05, 3.63) is 200 Å². The lowest BCUT2D eigenvalue weighted by molar-refractivity contribution is 1.30. The van der Waals surface area contributed by atoms with Crippen molar-refractivity contribution in [2.24, 2.45) is 0 Å². The van der Waals surface area contributed by atoms with Crippen LogP contribution in [0.3, 0.4) is 0 Å². The van der Waals surface area contributed by atoms with Gasteiger partial charge in [-0.3, -0.25) is 0 Å². The Morgan fingerprint density at radius 2 is 0.827 bits per heavy atom. The summed E-state index contributed by atoms with van der Waals surface area (Å²) in [7, 11) is 0. The minimum Gasteiger partial charge on any atom is -0.309 e. The van der Waals surface area contributed by atoms with Crippen molar-refractivity contribution in [1.29, 1.82) is 0 Å². The van der Waals surface area contributed by atoms with Crippen molar-refractivity contribution in [2.45, 2.75) is 0 Å². The average molecular weight is 680 g/mol. The van der Waals surface area contributed by atoms with Crippen LogP contribution < -0.4 is 4.90 Å². The lowest BCUT2D eigenvalue weighted by Crippen LogP contribution is -2.10. The van der Waals surface area contributed by atoms with Crippen LogP contribution in [-0.2, 0) is 0 Å². The highest BCUT2D eigenvalue weighted by Gasteiger charge is 2.19. The predicted molar refractivity (Wildman–Crippen MR) is 225 cm³/mol. The second kappa shape index (κ2) is 12.7. The van der Waals surface area contributed by atoms with Gasteiger partial charge in [0.1, 0.15) is 0 Å². The molecule has 0 N–H and O–H groups in total. The molecule has 10 aromatic rings. The van der Waals surface area contributed by atoms with E-state index >= 15 is 0 Å². The van der Waals surface area contributed by atoms with Gasteiger partial charge in [0.25, 0.3) is 0 Å². The van der Waals surface area contributed by atoms with Crippen LogP contribution in [-0.4, -0.2) is 0 Å². The summed E-state index contributed by atoms with van der Waals surface area (Å²) in [4.78, 5) is 2.43. The van der Waals surface area contributed by atoms with E-state index in [4.69, 9.17) is 0 Å². The average Bonchev–Trinajstić information content (AvgIpc) is 3.61. The maximum atomic E-state index is 2.43. The molecule has 0 aliphatic rings. The minimum atomic E-state index is 1.12. The molecule has 244 valence electrons. The van der Waals surface area contributed by atoms with Gasteiger partial charge in [-0.25, -0.2) is 0 Å². The van der Waals surface area contributed by atoms with Crippen LogP contribution in [0.2, 0.25) is 0 Å². The summed E-state index contributed by atoms with van der Waals surface area (Å²) in [6.45, 7) is 0. The first-order chi connectivity index (χ1) is 25.7. The monoisotopic (exact) mass is 679 g/mol. The highest BCUT2D eigenvalue weighted by Crippen LogP contribution is 2.45. The zero-order chi connectivity index (χ0) is 34.4. The molecule has 0 radical (unpaired) electrons. The Kier molecular flexibility index (Phi) is 7.41. The van der Waals surface area contributed by atoms with E-state index in [1.807, 2.05) is 11.3 Å². The lowest BCUT2D eigenvalue weighted by Gasteiger charge is -2.27. The third kappa shape index (κ3) is 5.42. The first kappa shape index (κ1) is 30.4. The summed E-state index contributed by atoms with van der Waals surface area (Å²) in [5.74, 6) is 0. The molecule has 0 aliphatic carbocycles. The van der Waals surface area contributed by atoms with Crippen LogP contribution in [0.4, 0.5) is 17.1 Å². The van der Waals surface area contributed by atoms with Crippen LogP contribution in [0.25, 0.3) is 75.1 Å². The number of anilines is 3. The van der Waals surface area contributed by atoms with Gasteiger partial charge in [-0.05, 0) is 110 Å². The van der Waals surface area contributed by atoms with E-state index < -0.39 is 0 Å². The zero-order valence-corrected chi connectivity index (χ0v) is 29.2. The molecule has 0 unspecified atom stereocenters. The summed E-state index contributed by atoms with van der Waals surface area (Å²) in [5, 5.41) is 7.61. The molecule has 1 nitrogen and oxygen atoms in total. The van der Waals surface area contributed by atoms with Gasteiger partial charge >= 0.3 is 0 Å². The predicted octanol–water partition coefficient (Wildman–Crippen LogP) is 14.8.